The number of hydrogen-bond donors (Lipinski definition) is 1. The van der Waals surface area contributed by atoms with Crippen LogP contribution in [-0.4, -0.2) is 29.1 Å². The molecule has 1 aliphatic carbocycles. The molecule has 4 atom stereocenters. The summed E-state index contributed by atoms with van der Waals surface area (Å²) in [6.07, 6.45) is 6.30. The van der Waals surface area contributed by atoms with E-state index < -0.39 is 0 Å². The Labute approximate surface area is 111 Å². The molecule has 3 nitrogen and oxygen atoms in total. The molecule has 1 aliphatic heterocycles. The molecule has 0 spiro atoms. The second-order valence-corrected chi connectivity index (χ2v) is 6.19. The van der Waals surface area contributed by atoms with E-state index in [1.165, 1.54) is 19.3 Å². The molecule has 18 heavy (non-hydrogen) atoms. The first kappa shape index (κ1) is 13.9. The molecule has 104 valence electrons. The van der Waals surface area contributed by atoms with E-state index in [4.69, 9.17) is 0 Å². The highest BCUT2D eigenvalue weighted by Crippen LogP contribution is 2.36. The number of carbonyl (C=O) groups excluding carboxylic acids is 1. The van der Waals surface area contributed by atoms with E-state index >= 15 is 0 Å². The summed E-state index contributed by atoms with van der Waals surface area (Å²) in [6.45, 7) is 8.68. The molecule has 0 aromatic rings. The summed E-state index contributed by atoms with van der Waals surface area (Å²) in [5, 5.41) is 3.49. The largest absolute Gasteiger partial charge is 0.323 e. The molecule has 1 amide bonds. The quantitative estimate of drug-likeness (QED) is 0.788. The molecule has 1 heterocycles. The number of nitrogens with one attached hydrogen (secondary N) is 1. The van der Waals surface area contributed by atoms with E-state index in [2.05, 4.69) is 37.9 Å². The van der Waals surface area contributed by atoms with Crippen LogP contribution in [0.5, 0.6) is 0 Å². The average Bonchev–Trinajstić information content (AvgIpc) is 3.12. The van der Waals surface area contributed by atoms with Gasteiger partial charge in [0.1, 0.15) is 0 Å². The van der Waals surface area contributed by atoms with Crippen LogP contribution in [0, 0.1) is 11.8 Å². The second-order valence-electron chi connectivity index (χ2n) is 6.19. The van der Waals surface area contributed by atoms with Gasteiger partial charge in [-0.1, -0.05) is 40.0 Å². The summed E-state index contributed by atoms with van der Waals surface area (Å²) < 4.78 is 0. The Morgan fingerprint density at radius 3 is 2.50 bits per heavy atom. The molecule has 0 aromatic carbocycles. The van der Waals surface area contributed by atoms with Crippen molar-refractivity contribution in [3.63, 3.8) is 0 Å². The van der Waals surface area contributed by atoms with E-state index in [1.54, 1.807) is 0 Å². The lowest BCUT2D eigenvalue weighted by Gasteiger charge is -2.30. The van der Waals surface area contributed by atoms with Gasteiger partial charge in [-0.15, -0.1) is 0 Å². The van der Waals surface area contributed by atoms with E-state index in [0.717, 1.165) is 18.8 Å². The zero-order valence-electron chi connectivity index (χ0n) is 12.3. The summed E-state index contributed by atoms with van der Waals surface area (Å²) in [5.41, 5.74) is 0. The minimum absolute atomic E-state index is 0.0400. The standard InChI is InChI=1S/C15H28N2O/c1-5-10(3)14-15(18)17(11(4)16-14)13(6-2)9-12-7-8-12/h10-14,16H,5-9H2,1-4H3. The molecule has 0 radical (unpaired) electrons. The maximum Gasteiger partial charge on any atom is 0.241 e. The fourth-order valence-electron chi connectivity index (χ4n) is 3.12. The molecule has 4 unspecified atom stereocenters. The minimum Gasteiger partial charge on any atom is -0.323 e. The molecule has 3 heteroatoms. The molecule has 2 aliphatic rings. The van der Waals surface area contributed by atoms with Crippen molar-refractivity contribution in [2.24, 2.45) is 11.8 Å². The molecule has 2 fully saturated rings. The highest BCUT2D eigenvalue weighted by molar-refractivity contribution is 5.84. The van der Waals surface area contributed by atoms with E-state index in [1.807, 2.05) is 0 Å². The van der Waals surface area contributed by atoms with Gasteiger partial charge < -0.3 is 4.90 Å². The third-order valence-electron chi connectivity index (χ3n) is 4.74. The lowest BCUT2D eigenvalue weighted by atomic mass is 9.98. The van der Waals surface area contributed by atoms with Crippen molar-refractivity contribution < 1.29 is 4.79 Å². The second kappa shape index (κ2) is 5.60. The Balaban J connectivity index is 2.04. The predicted molar refractivity (Wildman–Crippen MR) is 74.1 cm³/mol. The SMILES string of the molecule is CCC(C)C1NC(C)N(C(CC)CC2CC2)C1=O. The summed E-state index contributed by atoms with van der Waals surface area (Å²) in [6, 6.07) is 0.486. The highest BCUT2D eigenvalue weighted by atomic mass is 16.2. The van der Waals surface area contributed by atoms with E-state index in [0.29, 0.717) is 17.9 Å². The number of nitrogens with zero attached hydrogens (tertiary/aromatic N) is 1. The van der Waals surface area contributed by atoms with Crippen LogP contribution in [-0.2, 0) is 4.79 Å². The lowest BCUT2D eigenvalue weighted by Crippen LogP contribution is -2.43. The third kappa shape index (κ3) is 2.71. The fraction of sp³-hybridized carbons (Fsp3) is 0.933. The minimum atomic E-state index is 0.0400. The van der Waals surface area contributed by atoms with Gasteiger partial charge in [-0.05, 0) is 31.6 Å². The number of amides is 1. The maximum absolute atomic E-state index is 12.6. The Bertz CT molecular complexity index is 301. The molecule has 0 aromatic heterocycles. The van der Waals surface area contributed by atoms with Crippen molar-refractivity contribution >= 4 is 5.91 Å². The topological polar surface area (TPSA) is 32.3 Å². The first-order valence-electron chi connectivity index (χ1n) is 7.66. The molecular weight excluding hydrogens is 224 g/mol. The Morgan fingerprint density at radius 1 is 1.33 bits per heavy atom. The van der Waals surface area contributed by atoms with Crippen molar-refractivity contribution in [3.05, 3.63) is 0 Å². The zero-order chi connectivity index (χ0) is 13.3. The average molecular weight is 252 g/mol. The third-order valence-corrected chi connectivity index (χ3v) is 4.74. The zero-order valence-corrected chi connectivity index (χ0v) is 12.3. The van der Waals surface area contributed by atoms with Gasteiger partial charge in [-0.25, -0.2) is 0 Å². The number of carbonyl (C=O) groups is 1. The summed E-state index contributed by atoms with van der Waals surface area (Å²) >= 11 is 0. The van der Waals surface area contributed by atoms with Crippen LogP contribution >= 0.6 is 0 Å². The predicted octanol–water partition coefficient (Wildman–Crippen LogP) is 2.76. The van der Waals surface area contributed by atoms with E-state index in [9.17, 15) is 4.79 Å². The van der Waals surface area contributed by atoms with Gasteiger partial charge in [0, 0.05) is 6.04 Å². The first-order chi connectivity index (χ1) is 8.58. The van der Waals surface area contributed by atoms with Crippen molar-refractivity contribution in [2.75, 3.05) is 0 Å². The Hall–Kier alpha value is -0.570. The van der Waals surface area contributed by atoms with Crippen LogP contribution in [0.25, 0.3) is 0 Å². The van der Waals surface area contributed by atoms with Crippen LogP contribution in [0.15, 0.2) is 0 Å². The van der Waals surface area contributed by atoms with Crippen molar-refractivity contribution in [1.29, 1.82) is 0 Å². The van der Waals surface area contributed by atoms with Crippen molar-refractivity contribution in [3.8, 4) is 0 Å². The van der Waals surface area contributed by atoms with Gasteiger partial charge in [-0.2, -0.15) is 0 Å². The van der Waals surface area contributed by atoms with Crippen LogP contribution < -0.4 is 5.32 Å². The molecule has 0 bridgehead atoms. The summed E-state index contributed by atoms with van der Waals surface area (Å²) in [5.74, 6) is 1.66. The van der Waals surface area contributed by atoms with Gasteiger partial charge in [-0.3, -0.25) is 10.1 Å². The number of rotatable bonds is 6. The molecular formula is C15H28N2O. The maximum atomic E-state index is 12.6. The molecule has 1 saturated heterocycles. The molecule has 1 N–H and O–H groups in total. The number of hydrogen-bond acceptors (Lipinski definition) is 2. The molecule has 1 saturated carbocycles. The van der Waals surface area contributed by atoms with Gasteiger partial charge in [0.25, 0.3) is 0 Å². The highest BCUT2D eigenvalue weighted by Gasteiger charge is 2.42. The Morgan fingerprint density at radius 2 is 2.00 bits per heavy atom. The fourth-order valence-corrected chi connectivity index (χ4v) is 3.12. The van der Waals surface area contributed by atoms with Crippen molar-refractivity contribution in [2.45, 2.75) is 78.0 Å². The van der Waals surface area contributed by atoms with Gasteiger partial charge in [0.2, 0.25) is 5.91 Å². The van der Waals surface area contributed by atoms with E-state index in [-0.39, 0.29) is 12.2 Å². The van der Waals surface area contributed by atoms with Crippen LogP contribution in [0.1, 0.15) is 59.8 Å². The summed E-state index contributed by atoms with van der Waals surface area (Å²) in [4.78, 5) is 14.7. The first-order valence-corrected chi connectivity index (χ1v) is 7.66. The van der Waals surface area contributed by atoms with Gasteiger partial charge in [0.05, 0.1) is 12.2 Å². The molecule has 2 rings (SSSR count). The normalized spacial score (nSPS) is 31.8. The lowest BCUT2D eigenvalue weighted by molar-refractivity contribution is -0.133. The van der Waals surface area contributed by atoms with Gasteiger partial charge in [0.15, 0.2) is 0 Å². The smallest absolute Gasteiger partial charge is 0.241 e. The van der Waals surface area contributed by atoms with Crippen LogP contribution in [0.3, 0.4) is 0 Å². The van der Waals surface area contributed by atoms with Crippen LogP contribution in [0.4, 0.5) is 0 Å². The van der Waals surface area contributed by atoms with Crippen LogP contribution in [0.2, 0.25) is 0 Å². The summed E-state index contributed by atoms with van der Waals surface area (Å²) in [7, 11) is 0. The van der Waals surface area contributed by atoms with Gasteiger partial charge >= 0.3 is 0 Å². The monoisotopic (exact) mass is 252 g/mol. The Kier molecular flexibility index (Phi) is 4.31. The van der Waals surface area contributed by atoms with Crippen molar-refractivity contribution in [1.82, 2.24) is 10.2 Å².